The van der Waals surface area contributed by atoms with Gasteiger partial charge in [-0.1, -0.05) is 35.9 Å². The van der Waals surface area contributed by atoms with Crippen LogP contribution in [0.1, 0.15) is 0 Å². The Bertz CT molecular complexity index is 1320. The monoisotopic (exact) mass is 379 g/mol. The molecule has 0 spiro atoms. The molecule has 5 rings (SSSR count). The zero-order chi connectivity index (χ0) is 17.7. The van der Waals surface area contributed by atoms with Crippen molar-refractivity contribution in [2.75, 3.05) is 0 Å². The first-order valence-electron chi connectivity index (χ1n) is 7.78. The lowest BCUT2D eigenvalue weighted by atomic mass is 10.2. The van der Waals surface area contributed by atoms with E-state index < -0.39 is 0 Å². The molecule has 0 unspecified atom stereocenters. The number of para-hydroxylation sites is 1. The molecule has 0 aliphatic carbocycles. The molecule has 1 N–H and O–H groups in total. The number of halogens is 1. The van der Waals surface area contributed by atoms with Crippen molar-refractivity contribution < 1.29 is 0 Å². The van der Waals surface area contributed by atoms with Crippen molar-refractivity contribution >= 4 is 39.5 Å². The molecule has 0 amide bonds. The van der Waals surface area contributed by atoms with Crippen molar-refractivity contribution in [1.29, 1.82) is 0 Å². The average molecular weight is 380 g/mol. The maximum Gasteiger partial charge on any atom is 0.281 e. The van der Waals surface area contributed by atoms with E-state index in [1.807, 2.05) is 47.8 Å². The molecule has 3 aromatic heterocycles. The summed E-state index contributed by atoms with van der Waals surface area (Å²) in [5.41, 5.74) is 3.26. The Morgan fingerprint density at radius 2 is 1.85 bits per heavy atom. The predicted molar refractivity (Wildman–Crippen MR) is 103 cm³/mol. The van der Waals surface area contributed by atoms with Crippen LogP contribution in [0.2, 0.25) is 5.02 Å². The van der Waals surface area contributed by atoms with Gasteiger partial charge < -0.3 is 0 Å². The van der Waals surface area contributed by atoms with Crippen molar-refractivity contribution in [1.82, 2.24) is 24.8 Å². The van der Waals surface area contributed by atoms with Gasteiger partial charge in [0.2, 0.25) is 0 Å². The molecule has 0 aliphatic heterocycles. The van der Waals surface area contributed by atoms with E-state index in [2.05, 4.69) is 20.3 Å². The number of hydrogen-bond acceptors (Lipinski definition) is 5. The number of H-pyrrole nitrogens is 1. The fourth-order valence-electron chi connectivity index (χ4n) is 2.86. The Labute approximate surface area is 155 Å². The number of thiazole rings is 1. The van der Waals surface area contributed by atoms with Crippen LogP contribution in [0.4, 0.5) is 0 Å². The highest BCUT2D eigenvalue weighted by molar-refractivity contribution is 7.13. The van der Waals surface area contributed by atoms with Gasteiger partial charge in [0.05, 0.1) is 16.6 Å². The predicted octanol–water partition coefficient (Wildman–Crippen LogP) is 4.01. The molecule has 0 bridgehead atoms. The molecule has 0 saturated heterocycles. The van der Waals surface area contributed by atoms with Crippen LogP contribution in [0.15, 0.2) is 58.7 Å². The van der Waals surface area contributed by atoms with Crippen LogP contribution in [0.3, 0.4) is 0 Å². The first-order chi connectivity index (χ1) is 12.7. The van der Waals surface area contributed by atoms with Crippen molar-refractivity contribution in [3.8, 4) is 22.0 Å². The molecule has 126 valence electrons. The number of rotatable bonds is 2. The molecule has 0 radical (unpaired) electrons. The van der Waals surface area contributed by atoms with Crippen molar-refractivity contribution in [2.45, 2.75) is 0 Å². The molecular formula is C18H10ClN5OS. The Kier molecular flexibility index (Phi) is 3.37. The summed E-state index contributed by atoms with van der Waals surface area (Å²) in [6.45, 7) is 0. The van der Waals surface area contributed by atoms with Crippen LogP contribution in [-0.4, -0.2) is 24.8 Å². The number of hydrogen-bond donors (Lipinski definition) is 1. The Balaban J connectivity index is 1.68. The molecule has 5 aromatic rings. The van der Waals surface area contributed by atoms with E-state index in [1.54, 1.807) is 10.6 Å². The minimum atomic E-state index is -0.280. The van der Waals surface area contributed by atoms with Gasteiger partial charge in [-0.15, -0.1) is 11.3 Å². The lowest BCUT2D eigenvalue weighted by Gasteiger charge is -1.99. The van der Waals surface area contributed by atoms with Crippen LogP contribution in [0.25, 0.3) is 38.5 Å². The SMILES string of the molecule is O=c1nc2c(-c3nc(-c4ccc(Cl)cc4)cs3)n[nH]n2c2ccccc12. The summed E-state index contributed by atoms with van der Waals surface area (Å²) in [6.07, 6.45) is 0. The molecule has 3 heterocycles. The Morgan fingerprint density at radius 1 is 1.04 bits per heavy atom. The van der Waals surface area contributed by atoms with Crippen LogP contribution >= 0.6 is 22.9 Å². The summed E-state index contributed by atoms with van der Waals surface area (Å²) in [7, 11) is 0. The van der Waals surface area contributed by atoms with Gasteiger partial charge >= 0.3 is 0 Å². The average Bonchev–Trinajstić information content (AvgIpc) is 3.29. The van der Waals surface area contributed by atoms with E-state index in [1.165, 1.54) is 11.3 Å². The molecule has 2 aromatic carbocycles. The summed E-state index contributed by atoms with van der Waals surface area (Å²) >= 11 is 7.39. The zero-order valence-corrected chi connectivity index (χ0v) is 14.8. The van der Waals surface area contributed by atoms with E-state index in [9.17, 15) is 4.79 Å². The van der Waals surface area contributed by atoms with Crippen molar-refractivity contribution in [2.24, 2.45) is 0 Å². The van der Waals surface area contributed by atoms with Gasteiger partial charge in [0.1, 0.15) is 5.01 Å². The first kappa shape index (κ1) is 15.2. The smallest absolute Gasteiger partial charge is 0.267 e. The highest BCUT2D eigenvalue weighted by Gasteiger charge is 2.16. The topological polar surface area (TPSA) is 75.9 Å². The van der Waals surface area contributed by atoms with E-state index in [0.717, 1.165) is 16.8 Å². The second-order valence-electron chi connectivity index (χ2n) is 5.70. The highest BCUT2D eigenvalue weighted by Crippen LogP contribution is 2.30. The molecule has 0 atom stereocenters. The normalized spacial score (nSPS) is 11.4. The molecule has 26 heavy (non-hydrogen) atoms. The minimum Gasteiger partial charge on any atom is -0.267 e. The summed E-state index contributed by atoms with van der Waals surface area (Å²) in [5.74, 6) is 0. The third-order valence-corrected chi connectivity index (χ3v) is 5.22. The lowest BCUT2D eigenvalue weighted by Crippen LogP contribution is -2.10. The maximum absolute atomic E-state index is 12.3. The number of fused-ring (bicyclic) bond motifs is 3. The van der Waals surface area contributed by atoms with Gasteiger partial charge in [0.15, 0.2) is 11.3 Å². The van der Waals surface area contributed by atoms with E-state index >= 15 is 0 Å². The van der Waals surface area contributed by atoms with Crippen LogP contribution in [0.5, 0.6) is 0 Å². The van der Waals surface area contributed by atoms with Crippen molar-refractivity contribution in [3.05, 3.63) is 69.3 Å². The van der Waals surface area contributed by atoms with Crippen LogP contribution < -0.4 is 5.56 Å². The van der Waals surface area contributed by atoms with E-state index in [4.69, 9.17) is 11.6 Å². The summed E-state index contributed by atoms with van der Waals surface area (Å²) in [6, 6.07) is 14.8. The highest BCUT2D eigenvalue weighted by atomic mass is 35.5. The van der Waals surface area contributed by atoms with Gasteiger partial charge in [0.25, 0.3) is 5.56 Å². The van der Waals surface area contributed by atoms with Gasteiger partial charge in [-0.2, -0.15) is 10.1 Å². The van der Waals surface area contributed by atoms with Crippen molar-refractivity contribution in [3.63, 3.8) is 0 Å². The third-order valence-electron chi connectivity index (χ3n) is 4.11. The number of aromatic amines is 1. The standard InChI is InChI=1S/C18H10ClN5OS/c19-11-7-5-10(6-8-11)13-9-26-18(20-13)15-16-21-17(25)12-3-1-2-4-14(12)24(16)23-22-15/h1-9,23H. The van der Waals surface area contributed by atoms with Crippen LogP contribution in [0, 0.1) is 0 Å². The molecule has 0 saturated carbocycles. The molecule has 6 nitrogen and oxygen atoms in total. The molecule has 0 fully saturated rings. The van der Waals surface area contributed by atoms with Gasteiger partial charge in [-0.05, 0) is 24.3 Å². The maximum atomic E-state index is 12.3. The zero-order valence-electron chi connectivity index (χ0n) is 13.2. The number of aromatic nitrogens is 5. The molecule has 8 heteroatoms. The second-order valence-corrected chi connectivity index (χ2v) is 6.99. The summed E-state index contributed by atoms with van der Waals surface area (Å²) in [4.78, 5) is 21.2. The quantitative estimate of drug-likeness (QED) is 0.502. The largest absolute Gasteiger partial charge is 0.281 e. The second kappa shape index (κ2) is 5.76. The first-order valence-corrected chi connectivity index (χ1v) is 9.04. The Morgan fingerprint density at radius 3 is 2.69 bits per heavy atom. The minimum absolute atomic E-state index is 0.280. The van der Waals surface area contributed by atoms with Gasteiger partial charge in [0, 0.05) is 16.0 Å². The van der Waals surface area contributed by atoms with Gasteiger partial charge in [-0.25, -0.2) is 14.7 Å². The summed E-state index contributed by atoms with van der Waals surface area (Å²) < 4.78 is 1.70. The number of benzene rings is 2. The van der Waals surface area contributed by atoms with Gasteiger partial charge in [-0.3, -0.25) is 4.79 Å². The Hall–Kier alpha value is -3.03. The van der Waals surface area contributed by atoms with E-state index in [0.29, 0.717) is 26.8 Å². The molecular weight excluding hydrogens is 370 g/mol. The fraction of sp³-hybridized carbons (Fsp3) is 0. The van der Waals surface area contributed by atoms with Crippen LogP contribution in [-0.2, 0) is 0 Å². The third kappa shape index (κ3) is 2.33. The summed E-state index contributed by atoms with van der Waals surface area (Å²) in [5, 5.41) is 11.1. The fourth-order valence-corrected chi connectivity index (χ4v) is 3.80. The number of nitrogens with one attached hydrogen (secondary N) is 1. The lowest BCUT2D eigenvalue weighted by molar-refractivity contribution is 0.874. The number of nitrogens with zero attached hydrogens (tertiary/aromatic N) is 4. The van der Waals surface area contributed by atoms with E-state index in [-0.39, 0.29) is 5.56 Å². The molecule has 0 aliphatic rings.